The molecule has 5 heterocycles. The van der Waals surface area contributed by atoms with Gasteiger partial charge in [0.25, 0.3) is 0 Å². The zero-order valence-electron chi connectivity index (χ0n) is 21.2. The van der Waals surface area contributed by atoms with Gasteiger partial charge in [-0.3, -0.25) is 15.0 Å². The molecular formula is C34H20N6. The fraction of sp³-hybridized carbons (Fsp3) is 0. The summed E-state index contributed by atoms with van der Waals surface area (Å²) in [4.78, 5) is 13.1. The predicted molar refractivity (Wildman–Crippen MR) is 159 cm³/mol. The number of rotatable bonds is 3. The SMILES string of the molecule is N#Cc1c(-n2c3ccccc3c3cnccc32)cc(-c2ccncc2)cc1-n1c2ccccc2c2cnccc21. The van der Waals surface area contributed by atoms with E-state index in [4.69, 9.17) is 0 Å². The van der Waals surface area contributed by atoms with Gasteiger partial charge in [-0.05, 0) is 59.7 Å². The zero-order valence-corrected chi connectivity index (χ0v) is 21.2. The summed E-state index contributed by atoms with van der Waals surface area (Å²) in [5.74, 6) is 0. The van der Waals surface area contributed by atoms with Crippen LogP contribution in [0.25, 0.3) is 66.1 Å². The lowest BCUT2D eigenvalue weighted by molar-refractivity contribution is 1.11. The monoisotopic (exact) mass is 512 g/mol. The van der Waals surface area contributed by atoms with Crippen molar-refractivity contribution in [3.63, 3.8) is 0 Å². The van der Waals surface area contributed by atoms with Crippen LogP contribution < -0.4 is 0 Å². The molecule has 0 radical (unpaired) electrons. The Hall–Kier alpha value is -5.80. The van der Waals surface area contributed by atoms with Crippen LogP contribution in [0.3, 0.4) is 0 Å². The fourth-order valence-corrected chi connectivity index (χ4v) is 5.94. The van der Waals surface area contributed by atoms with Crippen LogP contribution in [0.2, 0.25) is 0 Å². The lowest BCUT2D eigenvalue weighted by Gasteiger charge is -2.18. The highest BCUT2D eigenvalue weighted by molar-refractivity contribution is 6.10. The van der Waals surface area contributed by atoms with E-state index < -0.39 is 0 Å². The van der Waals surface area contributed by atoms with Gasteiger partial charge in [-0.25, -0.2) is 0 Å². The van der Waals surface area contributed by atoms with E-state index in [2.05, 4.69) is 66.6 Å². The van der Waals surface area contributed by atoms with Crippen molar-refractivity contribution in [1.82, 2.24) is 24.1 Å². The predicted octanol–water partition coefficient (Wildman–Crippen LogP) is 7.60. The minimum Gasteiger partial charge on any atom is -0.308 e. The molecule has 8 aromatic rings. The van der Waals surface area contributed by atoms with Crippen molar-refractivity contribution < 1.29 is 0 Å². The van der Waals surface area contributed by atoms with E-state index in [1.165, 1.54) is 0 Å². The highest BCUT2D eigenvalue weighted by Crippen LogP contribution is 2.39. The summed E-state index contributed by atoms with van der Waals surface area (Å²) in [6, 6.07) is 31.4. The summed E-state index contributed by atoms with van der Waals surface area (Å²) in [6.45, 7) is 0. The average molecular weight is 513 g/mol. The van der Waals surface area contributed by atoms with Crippen LogP contribution in [0.4, 0.5) is 0 Å². The third-order valence-electron chi connectivity index (χ3n) is 7.65. The molecule has 3 aromatic carbocycles. The Morgan fingerprint density at radius 3 is 1.50 bits per heavy atom. The third-order valence-corrected chi connectivity index (χ3v) is 7.65. The maximum Gasteiger partial charge on any atom is 0.104 e. The van der Waals surface area contributed by atoms with Crippen LogP contribution in [0.1, 0.15) is 5.56 Å². The van der Waals surface area contributed by atoms with Gasteiger partial charge in [-0.2, -0.15) is 5.26 Å². The lowest BCUT2D eigenvalue weighted by Crippen LogP contribution is -2.05. The van der Waals surface area contributed by atoms with Crippen LogP contribution in [0.15, 0.2) is 122 Å². The molecule has 0 N–H and O–H groups in total. The second-order valence-corrected chi connectivity index (χ2v) is 9.73. The van der Waals surface area contributed by atoms with Crippen LogP contribution >= 0.6 is 0 Å². The number of pyridine rings is 3. The molecular weight excluding hydrogens is 492 g/mol. The van der Waals surface area contributed by atoms with Gasteiger partial charge in [-0.1, -0.05) is 36.4 Å². The van der Waals surface area contributed by atoms with Crippen molar-refractivity contribution in [3.05, 3.63) is 128 Å². The Morgan fingerprint density at radius 1 is 0.500 bits per heavy atom. The van der Waals surface area contributed by atoms with Crippen molar-refractivity contribution in [3.8, 4) is 28.6 Å². The summed E-state index contributed by atoms with van der Waals surface area (Å²) in [6.07, 6.45) is 11.0. The van der Waals surface area contributed by atoms with E-state index >= 15 is 0 Å². The molecule has 0 aliphatic heterocycles. The molecule has 186 valence electrons. The van der Waals surface area contributed by atoms with E-state index in [0.29, 0.717) is 5.56 Å². The van der Waals surface area contributed by atoms with Crippen molar-refractivity contribution in [1.29, 1.82) is 5.26 Å². The smallest absolute Gasteiger partial charge is 0.104 e. The van der Waals surface area contributed by atoms with E-state index in [1.807, 2.05) is 60.9 Å². The summed E-state index contributed by atoms with van der Waals surface area (Å²) in [7, 11) is 0. The molecule has 40 heavy (non-hydrogen) atoms. The molecule has 0 aliphatic rings. The topological polar surface area (TPSA) is 72.3 Å². The van der Waals surface area contributed by atoms with Gasteiger partial charge in [0.1, 0.15) is 11.6 Å². The number of fused-ring (bicyclic) bond motifs is 6. The zero-order chi connectivity index (χ0) is 26.6. The maximum absolute atomic E-state index is 10.8. The van der Waals surface area contributed by atoms with Crippen LogP contribution in [0.5, 0.6) is 0 Å². The van der Waals surface area contributed by atoms with Gasteiger partial charge in [0.05, 0.1) is 33.4 Å². The Balaban J connectivity index is 1.57. The van der Waals surface area contributed by atoms with Crippen molar-refractivity contribution in [2.24, 2.45) is 0 Å². The van der Waals surface area contributed by atoms with Gasteiger partial charge in [0, 0.05) is 58.7 Å². The molecule has 0 bridgehead atoms. The van der Waals surface area contributed by atoms with Crippen LogP contribution in [-0.4, -0.2) is 24.1 Å². The minimum absolute atomic E-state index is 0.580. The molecule has 0 atom stereocenters. The summed E-state index contributed by atoms with van der Waals surface area (Å²) in [5.41, 5.74) is 8.25. The molecule has 0 aliphatic carbocycles. The molecule has 0 fully saturated rings. The standard InChI is InChI=1S/C34H20N6/c35-19-26-33(39-29-7-3-1-5-24(29)27-20-37-15-11-31(27)39)17-23(22-9-13-36-14-10-22)18-34(26)40-30-8-4-2-6-25(30)28-21-38-16-12-32(28)40/h1-18,20-21H. The molecule has 0 amide bonds. The van der Waals surface area contributed by atoms with Crippen molar-refractivity contribution in [2.45, 2.75) is 0 Å². The first-order valence-corrected chi connectivity index (χ1v) is 13.0. The first kappa shape index (κ1) is 22.2. The summed E-state index contributed by atoms with van der Waals surface area (Å²) in [5, 5.41) is 15.1. The second kappa shape index (κ2) is 8.62. The summed E-state index contributed by atoms with van der Waals surface area (Å²) >= 11 is 0. The van der Waals surface area contributed by atoms with Gasteiger partial charge in [-0.15, -0.1) is 0 Å². The van der Waals surface area contributed by atoms with E-state index in [-0.39, 0.29) is 0 Å². The first-order chi connectivity index (χ1) is 19.8. The van der Waals surface area contributed by atoms with Crippen molar-refractivity contribution in [2.75, 3.05) is 0 Å². The van der Waals surface area contributed by atoms with Crippen LogP contribution in [0, 0.1) is 11.3 Å². The maximum atomic E-state index is 10.8. The molecule has 8 rings (SSSR count). The molecule has 0 spiro atoms. The molecule has 0 saturated heterocycles. The highest BCUT2D eigenvalue weighted by Gasteiger charge is 2.22. The number of nitrogens with zero attached hydrogens (tertiary/aromatic N) is 6. The van der Waals surface area contributed by atoms with Gasteiger partial charge < -0.3 is 9.13 Å². The van der Waals surface area contributed by atoms with Gasteiger partial charge >= 0.3 is 0 Å². The minimum atomic E-state index is 0.580. The number of hydrogen-bond acceptors (Lipinski definition) is 4. The van der Waals surface area contributed by atoms with E-state index in [0.717, 1.165) is 66.1 Å². The Bertz CT molecular complexity index is 2040. The molecule has 0 unspecified atom stereocenters. The normalized spacial score (nSPS) is 11.5. The number of hydrogen-bond donors (Lipinski definition) is 0. The van der Waals surface area contributed by atoms with E-state index in [9.17, 15) is 5.26 Å². The Kier molecular flexibility index (Phi) is 4.78. The quantitative estimate of drug-likeness (QED) is 0.244. The Labute approximate surface area is 229 Å². The fourth-order valence-electron chi connectivity index (χ4n) is 5.94. The molecule has 5 aromatic heterocycles. The number of para-hydroxylation sites is 2. The van der Waals surface area contributed by atoms with Crippen LogP contribution in [-0.2, 0) is 0 Å². The molecule has 6 heteroatoms. The summed E-state index contributed by atoms with van der Waals surface area (Å²) < 4.78 is 4.38. The van der Waals surface area contributed by atoms with Gasteiger partial charge in [0.15, 0.2) is 0 Å². The second-order valence-electron chi connectivity index (χ2n) is 9.73. The Morgan fingerprint density at radius 2 is 0.975 bits per heavy atom. The number of nitriles is 1. The van der Waals surface area contributed by atoms with Crippen molar-refractivity contribution >= 4 is 43.6 Å². The average Bonchev–Trinajstić information content (AvgIpc) is 3.54. The largest absolute Gasteiger partial charge is 0.308 e. The number of aromatic nitrogens is 5. The molecule has 6 nitrogen and oxygen atoms in total. The first-order valence-electron chi connectivity index (χ1n) is 13.0. The lowest BCUT2D eigenvalue weighted by atomic mass is 10.0. The highest BCUT2D eigenvalue weighted by atomic mass is 15.0. The molecule has 0 saturated carbocycles. The number of benzene rings is 3. The third kappa shape index (κ3) is 3.12. The van der Waals surface area contributed by atoms with E-state index in [1.54, 1.807) is 24.8 Å². The van der Waals surface area contributed by atoms with Gasteiger partial charge in [0.2, 0.25) is 0 Å².